The zero-order valence-corrected chi connectivity index (χ0v) is 35.0. The molecule has 6 aromatic rings. The fraction of sp³-hybridized carbons (Fsp3) is 0.455. The van der Waals surface area contributed by atoms with Gasteiger partial charge in [-0.1, -0.05) is 123 Å². The first-order valence-electron chi connectivity index (χ1n) is 19.2. The number of hydrogen-bond donors (Lipinski definition) is 0. The summed E-state index contributed by atoms with van der Waals surface area (Å²) >= 11 is 11.6. The third-order valence-corrected chi connectivity index (χ3v) is 17.0. The number of thiophene rings is 6. The normalized spacial score (nSPS) is 12.3. The van der Waals surface area contributed by atoms with Gasteiger partial charge in [-0.25, -0.2) is 0 Å². The molecule has 0 fully saturated rings. The molecule has 0 saturated heterocycles. The second-order valence-electron chi connectivity index (χ2n) is 13.8. The summed E-state index contributed by atoms with van der Waals surface area (Å²) in [5, 5.41) is 2.16. The topological polar surface area (TPSA) is 0 Å². The van der Waals surface area contributed by atoms with E-state index in [1.54, 1.807) is 4.88 Å². The van der Waals surface area contributed by atoms with Crippen molar-refractivity contribution in [3.63, 3.8) is 0 Å². The molecule has 6 heteroatoms. The lowest BCUT2D eigenvalue weighted by molar-refractivity contribution is 0.402. The SMILES string of the molecule is CCCCCCCCCCC(CCCCCCCC)Cc1ccc(-c2ccc(-c3ccc(-c4ccc(-c5ccc(-c6cccs6)s5)s4)s3)s2)s1. The van der Waals surface area contributed by atoms with Gasteiger partial charge in [-0.05, 0) is 84.4 Å². The van der Waals surface area contributed by atoms with Crippen molar-refractivity contribution in [2.45, 2.75) is 123 Å². The highest BCUT2D eigenvalue weighted by Crippen LogP contribution is 2.46. The van der Waals surface area contributed by atoms with Crippen LogP contribution in [0.15, 0.2) is 78.2 Å². The fourth-order valence-electron chi connectivity index (χ4n) is 6.86. The maximum absolute atomic E-state index is 2.44. The molecule has 6 rings (SSSR count). The molecule has 0 nitrogen and oxygen atoms in total. The number of rotatable bonds is 23. The Balaban J connectivity index is 1.03. The van der Waals surface area contributed by atoms with Crippen LogP contribution < -0.4 is 0 Å². The summed E-state index contributed by atoms with van der Waals surface area (Å²) in [6.07, 6.45) is 23.9. The largest absolute Gasteiger partial charge is 0.143 e. The van der Waals surface area contributed by atoms with Crippen molar-refractivity contribution in [3.8, 4) is 48.8 Å². The third kappa shape index (κ3) is 11.1. The Kier molecular flexibility index (Phi) is 15.5. The molecule has 266 valence electrons. The van der Waals surface area contributed by atoms with E-state index < -0.39 is 0 Å². The summed E-state index contributed by atoms with van der Waals surface area (Å²) < 4.78 is 0. The minimum atomic E-state index is 0.844. The molecule has 0 saturated carbocycles. The molecule has 0 spiro atoms. The van der Waals surface area contributed by atoms with Crippen LogP contribution in [-0.2, 0) is 6.42 Å². The van der Waals surface area contributed by atoms with E-state index in [1.165, 1.54) is 158 Å². The van der Waals surface area contributed by atoms with E-state index in [9.17, 15) is 0 Å². The van der Waals surface area contributed by atoms with Crippen molar-refractivity contribution in [1.29, 1.82) is 0 Å². The van der Waals surface area contributed by atoms with Crippen LogP contribution in [0.25, 0.3) is 48.8 Å². The highest BCUT2D eigenvalue weighted by Gasteiger charge is 2.15. The molecule has 0 amide bonds. The van der Waals surface area contributed by atoms with Crippen LogP contribution in [0.4, 0.5) is 0 Å². The average molecular weight is 775 g/mol. The van der Waals surface area contributed by atoms with Crippen LogP contribution in [0.2, 0.25) is 0 Å². The van der Waals surface area contributed by atoms with Crippen molar-refractivity contribution in [3.05, 3.63) is 83.1 Å². The van der Waals surface area contributed by atoms with Gasteiger partial charge in [0.2, 0.25) is 0 Å². The molecule has 6 heterocycles. The van der Waals surface area contributed by atoms with Gasteiger partial charge in [0.15, 0.2) is 0 Å². The zero-order chi connectivity index (χ0) is 34.4. The van der Waals surface area contributed by atoms with Crippen molar-refractivity contribution in [1.82, 2.24) is 0 Å². The maximum atomic E-state index is 2.44. The summed E-state index contributed by atoms with van der Waals surface area (Å²) in [6, 6.07) is 27.7. The predicted octanol–water partition coefficient (Wildman–Crippen LogP) is 17.8. The predicted molar refractivity (Wildman–Crippen MR) is 233 cm³/mol. The van der Waals surface area contributed by atoms with Crippen LogP contribution >= 0.6 is 68.0 Å². The lowest BCUT2D eigenvalue weighted by Gasteiger charge is -2.16. The van der Waals surface area contributed by atoms with Gasteiger partial charge in [-0.3, -0.25) is 0 Å². The monoisotopic (exact) mass is 774 g/mol. The Bertz CT molecular complexity index is 1790. The molecular weight excluding hydrogens is 721 g/mol. The zero-order valence-electron chi connectivity index (χ0n) is 30.1. The Morgan fingerprint density at radius 3 is 1.14 bits per heavy atom. The van der Waals surface area contributed by atoms with Crippen LogP contribution in [0.1, 0.15) is 121 Å². The summed E-state index contributed by atoms with van der Waals surface area (Å²) in [5.41, 5.74) is 0. The van der Waals surface area contributed by atoms with E-state index in [2.05, 4.69) is 92.0 Å². The Hall–Kier alpha value is -1.80. The van der Waals surface area contributed by atoms with Gasteiger partial charge >= 0.3 is 0 Å². The van der Waals surface area contributed by atoms with Crippen molar-refractivity contribution < 1.29 is 0 Å². The van der Waals surface area contributed by atoms with Crippen molar-refractivity contribution in [2.75, 3.05) is 0 Å². The van der Waals surface area contributed by atoms with Gasteiger partial charge in [0.1, 0.15) is 0 Å². The van der Waals surface area contributed by atoms with Gasteiger partial charge in [0, 0.05) is 53.6 Å². The van der Waals surface area contributed by atoms with Gasteiger partial charge in [0.25, 0.3) is 0 Å². The first-order valence-corrected chi connectivity index (χ1v) is 24.2. The van der Waals surface area contributed by atoms with E-state index in [4.69, 9.17) is 0 Å². The minimum Gasteiger partial charge on any atom is -0.143 e. The molecule has 0 aromatic carbocycles. The van der Waals surface area contributed by atoms with Crippen LogP contribution in [0.3, 0.4) is 0 Å². The molecule has 1 atom stereocenters. The van der Waals surface area contributed by atoms with Crippen molar-refractivity contribution in [2.24, 2.45) is 5.92 Å². The second kappa shape index (κ2) is 20.4. The smallest absolute Gasteiger partial charge is 0.0449 e. The standard InChI is InChI=1S/C44H54S6/c1-3-5-7-9-11-12-14-16-19-33(18-15-13-10-8-6-4-2)32-34-21-22-37(46-34)38-25-26-41(48-38)42-29-30-44(50-42)43-28-27-40(49-43)39-24-23-36(47-39)35-20-17-31-45-35/h17,20-31,33H,3-16,18-19,32H2,1-2H3. The molecule has 0 bridgehead atoms. The van der Waals surface area contributed by atoms with E-state index in [1.807, 2.05) is 68.0 Å². The summed E-state index contributed by atoms with van der Waals surface area (Å²) in [6.45, 7) is 4.63. The molecule has 0 aliphatic carbocycles. The van der Waals surface area contributed by atoms with Crippen molar-refractivity contribution >= 4 is 68.0 Å². The van der Waals surface area contributed by atoms with Crippen LogP contribution in [0.5, 0.6) is 0 Å². The second-order valence-corrected chi connectivity index (χ2v) is 20.2. The Morgan fingerprint density at radius 2 is 0.740 bits per heavy atom. The molecular formula is C44H54S6. The molecule has 0 N–H and O–H groups in total. The molecule has 0 radical (unpaired) electrons. The maximum Gasteiger partial charge on any atom is 0.0449 e. The first kappa shape index (κ1) is 37.9. The van der Waals surface area contributed by atoms with Crippen LogP contribution in [-0.4, -0.2) is 0 Å². The summed E-state index contributed by atoms with van der Waals surface area (Å²) in [5.74, 6) is 0.844. The minimum absolute atomic E-state index is 0.844. The fourth-order valence-corrected chi connectivity index (χ4v) is 13.2. The molecule has 0 aliphatic rings. The molecule has 50 heavy (non-hydrogen) atoms. The van der Waals surface area contributed by atoms with E-state index in [0.29, 0.717) is 0 Å². The molecule has 6 aromatic heterocycles. The molecule has 1 unspecified atom stereocenters. The highest BCUT2D eigenvalue weighted by molar-refractivity contribution is 7.30. The van der Waals surface area contributed by atoms with Gasteiger partial charge in [-0.15, -0.1) is 68.0 Å². The summed E-state index contributed by atoms with van der Waals surface area (Å²) in [7, 11) is 0. The van der Waals surface area contributed by atoms with Gasteiger partial charge in [0.05, 0.1) is 0 Å². The summed E-state index contributed by atoms with van der Waals surface area (Å²) in [4.78, 5) is 15.4. The number of hydrogen-bond acceptors (Lipinski definition) is 6. The van der Waals surface area contributed by atoms with E-state index in [0.717, 1.165) is 5.92 Å². The first-order chi connectivity index (χ1) is 24.7. The Labute approximate surface area is 326 Å². The van der Waals surface area contributed by atoms with Gasteiger partial charge < -0.3 is 0 Å². The van der Waals surface area contributed by atoms with Gasteiger partial charge in [-0.2, -0.15) is 0 Å². The third-order valence-electron chi connectivity index (χ3n) is 9.74. The Morgan fingerprint density at radius 1 is 0.380 bits per heavy atom. The lowest BCUT2D eigenvalue weighted by Crippen LogP contribution is -2.04. The average Bonchev–Trinajstić information content (AvgIpc) is 3.98. The quantitative estimate of drug-likeness (QED) is 0.0569. The van der Waals surface area contributed by atoms with Crippen LogP contribution in [0, 0.1) is 5.92 Å². The molecule has 0 aliphatic heterocycles. The number of unbranched alkanes of at least 4 members (excludes halogenated alkanes) is 12. The lowest BCUT2D eigenvalue weighted by atomic mass is 9.91. The highest BCUT2D eigenvalue weighted by atomic mass is 32.1. The van der Waals surface area contributed by atoms with E-state index >= 15 is 0 Å². The van der Waals surface area contributed by atoms with E-state index in [-0.39, 0.29) is 0 Å².